The Kier molecular flexibility index (Phi) is 75.3. The summed E-state index contributed by atoms with van der Waals surface area (Å²) in [7, 11) is 0. The first kappa shape index (κ1) is 85.3. The van der Waals surface area contributed by atoms with Gasteiger partial charge in [-0.1, -0.05) is 391 Å². The summed E-state index contributed by atoms with van der Waals surface area (Å²) in [6.07, 6.45) is 98.5. The average Bonchev–Trinajstić information content (AvgIpc) is 3.52. The van der Waals surface area contributed by atoms with Crippen molar-refractivity contribution in [3.63, 3.8) is 0 Å². The van der Waals surface area contributed by atoms with Gasteiger partial charge < -0.3 is 20.3 Å². The molecule has 0 rings (SSSR count). The molecule has 6 heteroatoms. The smallest absolute Gasteiger partial charge is 0.305 e. The van der Waals surface area contributed by atoms with Crippen LogP contribution in [-0.2, 0) is 14.3 Å². The lowest BCUT2D eigenvalue weighted by Gasteiger charge is -2.22. The SMILES string of the molecule is CCCCC/C=C\CCCCCCCC(=O)OCCCCCCCCCCCCCC/C=C\CCCCCCCCCCCCCCCCCCCC(=O)NC(CO)C(O)CCCCCCCCCCCCCCCCCCCCCCCCCCC. The molecule has 0 radical (unpaired) electrons. The molecule has 0 bridgehead atoms. The van der Waals surface area contributed by atoms with Gasteiger partial charge >= 0.3 is 5.97 Å². The first-order valence-electron chi connectivity index (χ1n) is 40.1. The van der Waals surface area contributed by atoms with Gasteiger partial charge in [-0.05, 0) is 77.0 Å². The number of hydrogen-bond donors (Lipinski definition) is 3. The second kappa shape index (κ2) is 76.8. The molecule has 87 heavy (non-hydrogen) atoms. The second-order valence-electron chi connectivity index (χ2n) is 27.7. The Morgan fingerprint density at radius 2 is 0.540 bits per heavy atom. The average molecular weight is 1230 g/mol. The molecule has 0 aliphatic heterocycles. The van der Waals surface area contributed by atoms with Crippen LogP contribution >= 0.6 is 0 Å². The number of amides is 1. The van der Waals surface area contributed by atoms with Gasteiger partial charge in [-0.3, -0.25) is 9.59 Å². The predicted octanol–water partition coefficient (Wildman–Crippen LogP) is 26.4. The predicted molar refractivity (Wildman–Crippen MR) is 384 cm³/mol. The van der Waals surface area contributed by atoms with Crippen molar-refractivity contribution in [2.75, 3.05) is 13.2 Å². The van der Waals surface area contributed by atoms with Crippen LogP contribution < -0.4 is 5.32 Å². The monoisotopic (exact) mass is 1220 g/mol. The largest absolute Gasteiger partial charge is 0.466 e. The number of ether oxygens (including phenoxy) is 1. The molecule has 0 spiro atoms. The number of aliphatic hydroxyl groups is 2. The van der Waals surface area contributed by atoms with Crippen molar-refractivity contribution in [2.24, 2.45) is 0 Å². The normalized spacial score (nSPS) is 12.6. The number of aliphatic hydroxyl groups excluding tert-OH is 2. The zero-order chi connectivity index (χ0) is 62.8. The van der Waals surface area contributed by atoms with Crippen LogP contribution in [0.4, 0.5) is 0 Å². The van der Waals surface area contributed by atoms with E-state index in [0.717, 1.165) is 44.9 Å². The van der Waals surface area contributed by atoms with Gasteiger partial charge in [0, 0.05) is 12.8 Å². The summed E-state index contributed by atoms with van der Waals surface area (Å²) in [6, 6.07) is -0.540. The first-order chi connectivity index (χ1) is 43.0. The molecule has 6 nitrogen and oxygen atoms in total. The maximum absolute atomic E-state index is 12.6. The fourth-order valence-corrected chi connectivity index (χ4v) is 12.9. The van der Waals surface area contributed by atoms with Crippen LogP contribution in [-0.4, -0.2) is 47.4 Å². The van der Waals surface area contributed by atoms with Gasteiger partial charge in [-0.25, -0.2) is 0 Å². The third-order valence-corrected chi connectivity index (χ3v) is 19.0. The number of unbranched alkanes of at least 4 members (excludes halogenated alkanes) is 61. The lowest BCUT2D eigenvalue weighted by molar-refractivity contribution is -0.143. The lowest BCUT2D eigenvalue weighted by Crippen LogP contribution is -2.45. The van der Waals surface area contributed by atoms with Crippen LogP contribution in [0.2, 0.25) is 0 Å². The fourth-order valence-electron chi connectivity index (χ4n) is 12.9. The van der Waals surface area contributed by atoms with Gasteiger partial charge in [0.05, 0.1) is 25.4 Å². The van der Waals surface area contributed by atoms with E-state index < -0.39 is 12.1 Å². The molecule has 3 N–H and O–H groups in total. The number of esters is 1. The Balaban J connectivity index is 3.36. The quantitative estimate of drug-likeness (QED) is 0.0320. The molecule has 0 aliphatic rings. The minimum absolute atomic E-state index is 0.00946. The van der Waals surface area contributed by atoms with E-state index in [-0.39, 0.29) is 18.5 Å². The van der Waals surface area contributed by atoms with Crippen LogP contribution in [0.3, 0.4) is 0 Å². The van der Waals surface area contributed by atoms with Gasteiger partial charge in [-0.2, -0.15) is 0 Å². The summed E-state index contributed by atoms with van der Waals surface area (Å²) in [5, 5.41) is 23.5. The van der Waals surface area contributed by atoms with Crippen molar-refractivity contribution in [2.45, 2.75) is 469 Å². The third-order valence-electron chi connectivity index (χ3n) is 19.0. The summed E-state index contributed by atoms with van der Waals surface area (Å²) < 4.78 is 5.48. The molecule has 0 aromatic heterocycles. The molecule has 516 valence electrons. The van der Waals surface area contributed by atoms with Crippen molar-refractivity contribution in [1.29, 1.82) is 0 Å². The highest BCUT2D eigenvalue weighted by Crippen LogP contribution is 2.20. The lowest BCUT2D eigenvalue weighted by atomic mass is 10.0. The van der Waals surface area contributed by atoms with Crippen LogP contribution in [0.15, 0.2) is 24.3 Å². The Hall–Kier alpha value is -1.66. The molecule has 0 fully saturated rings. The molecule has 1 amide bonds. The summed E-state index contributed by atoms with van der Waals surface area (Å²) >= 11 is 0. The molecular weight excluding hydrogens is 1070 g/mol. The van der Waals surface area contributed by atoms with E-state index >= 15 is 0 Å². The van der Waals surface area contributed by atoms with Crippen LogP contribution in [0, 0.1) is 0 Å². The molecule has 0 aromatic carbocycles. The van der Waals surface area contributed by atoms with Crippen LogP contribution in [0.1, 0.15) is 457 Å². The molecular formula is C81H157NO5. The number of nitrogens with one attached hydrogen (secondary N) is 1. The third kappa shape index (κ3) is 73.3. The fraction of sp³-hybridized carbons (Fsp3) is 0.926. The molecule has 0 aromatic rings. The van der Waals surface area contributed by atoms with E-state index in [1.54, 1.807) is 0 Å². The van der Waals surface area contributed by atoms with E-state index in [4.69, 9.17) is 4.74 Å². The van der Waals surface area contributed by atoms with Crippen LogP contribution in [0.25, 0.3) is 0 Å². The first-order valence-corrected chi connectivity index (χ1v) is 40.1. The second-order valence-corrected chi connectivity index (χ2v) is 27.7. The maximum atomic E-state index is 12.6. The summed E-state index contributed by atoms with van der Waals surface area (Å²) in [6.45, 7) is 4.98. The number of hydrogen-bond acceptors (Lipinski definition) is 5. The van der Waals surface area contributed by atoms with Crippen molar-refractivity contribution in [1.82, 2.24) is 5.32 Å². The van der Waals surface area contributed by atoms with Gasteiger partial charge in [0.1, 0.15) is 0 Å². The Morgan fingerprint density at radius 1 is 0.310 bits per heavy atom. The number of carbonyl (C=O) groups excluding carboxylic acids is 2. The van der Waals surface area contributed by atoms with E-state index in [1.165, 1.54) is 379 Å². The van der Waals surface area contributed by atoms with Crippen molar-refractivity contribution >= 4 is 11.9 Å². The zero-order valence-electron chi connectivity index (χ0n) is 59.3. The molecule has 2 atom stereocenters. The highest BCUT2D eigenvalue weighted by atomic mass is 16.5. The highest BCUT2D eigenvalue weighted by molar-refractivity contribution is 5.76. The Morgan fingerprint density at radius 3 is 0.839 bits per heavy atom. The van der Waals surface area contributed by atoms with Gasteiger partial charge in [0.15, 0.2) is 0 Å². The van der Waals surface area contributed by atoms with E-state index in [9.17, 15) is 19.8 Å². The highest BCUT2D eigenvalue weighted by Gasteiger charge is 2.20. The number of carbonyl (C=O) groups is 2. The molecule has 2 unspecified atom stereocenters. The topological polar surface area (TPSA) is 95.9 Å². The number of rotatable bonds is 76. The van der Waals surface area contributed by atoms with E-state index in [2.05, 4.69) is 43.5 Å². The summed E-state index contributed by atoms with van der Waals surface area (Å²) in [4.78, 5) is 24.6. The molecule has 0 saturated heterocycles. The van der Waals surface area contributed by atoms with E-state index in [0.29, 0.717) is 25.9 Å². The Bertz CT molecular complexity index is 1360. The van der Waals surface area contributed by atoms with Crippen molar-refractivity contribution < 1.29 is 24.5 Å². The van der Waals surface area contributed by atoms with Crippen molar-refractivity contribution in [3.05, 3.63) is 24.3 Å². The maximum Gasteiger partial charge on any atom is 0.305 e. The van der Waals surface area contributed by atoms with Gasteiger partial charge in [-0.15, -0.1) is 0 Å². The minimum atomic E-state index is -0.664. The van der Waals surface area contributed by atoms with Gasteiger partial charge in [0.25, 0.3) is 0 Å². The number of allylic oxidation sites excluding steroid dienone is 4. The van der Waals surface area contributed by atoms with Crippen molar-refractivity contribution in [3.8, 4) is 0 Å². The minimum Gasteiger partial charge on any atom is -0.466 e. The zero-order valence-corrected chi connectivity index (χ0v) is 59.3. The molecule has 0 heterocycles. The Labute approximate surface area is 545 Å². The molecule has 0 saturated carbocycles. The standard InChI is InChI=1S/C81H157NO5/c1-3-5-7-9-11-13-15-17-18-19-20-21-22-32-35-38-41-44-47-50-53-57-61-65-69-73-79(84)78(77-83)82-80(85)74-70-66-62-58-54-51-48-45-42-39-36-33-30-28-26-24-23-25-27-29-31-34-37-40-43-46-49-52-56-60-64-68-72-76-87-81(86)75-71-67-63-59-55-16-14-12-10-8-6-4-2/h12,14,27,29,78-79,83-84H,3-11,13,15-26,28,30-77H2,1-2H3,(H,82,85)/b14-12-,29-27-. The van der Waals surface area contributed by atoms with Crippen LogP contribution in [0.5, 0.6) is 0 Å². The van der Waals surface area contributed by atoms with E-state index in [1.807, 2.05) is 0 Å². The summed E-state index contributed by atoms with van der Waals surface area (Å²) in [5.41, 5.74) is 0. The van der Waals surface area contributed by atoms with Gasteiger partial charge in [0.2, 0.25) is 5.91 Å². The summed E-state index contributed by atoms with van der Waals surface area (Å²) in [5.74, 6) is -0.0164. The molecule has 0 aliphatic carbocycles.